The highest BCUT2D eigenvalue weighted by molar-refractivity contribution is 5.47. The standard InChI is InChI=1S/C14H19F3N2O/c1-13(2,20)10-4-7-19(8-5-10)11-3-6-18-12(9-11)14(15,16)17/h3,6,9-10,20H,4-5,7-8H2,1-2H3. The normalized spacial score (nSPS) is 18.4. The molecular formula is C14H19F3N2O. The second-order valence-corrected chi connectivity index (χ2v) is 5.81. The smallest absolute Gasteiger partial charge is 0.390 e. The predicted octanol–water partition coefficient (Wildman–Crippen LogP) is 3.09. The summed E-state index contributed by atoms with van der Waals surface area (Å²) < 4.78 is 37.9. The van der Waals surface area contributed by atoms with Gasteiger partial charge in [0.05, 0.1) is 5.60 Å². The van der Waals surface area contributed by atoms with Gasteiger partial charge in [-0.05, 0) is 44.7 Å². The number of halogens is 3. The molecule has 1 aliphatic heterocycles. The summed E-state index contributed by atoms with van der Waals surface area (Å²) >= 11 is 0. The third-order valence-electron chi connectivity index (χ3n) is 3.89. The molecule has 0 unspecified atom stereocenters. The summed E-state index contributed by atoms with van der Waals surface area (Å²) in [5.74, 6) is 0.183. The Morgan fingerprint density at radius 3 is 2.35 bits per heavy atom. The molecule has 20 heavy (non-hydrogen) atoms. The van der Waals surface area contributed by atoms with Gasteiger partial charge in [0.2, 0.25) is 0 Å². The van der Waals surface area contributed by atoms with Crippen LogP contribution >= 0.6 is 0 Å². The van der Waals surface area contributed by atoms with Crippen molar-refractivity contribution < 1.29 is 18.3 Å². The molecule has 0 saturated carbocycles. The summed E-state index contributed by atoms with van der Waals surface area (Å²) in [6.07, 6.45) is -1.68. The minimum Gasteiger partial charge on any atom is -0.390 e. The van der Waals surface area contributed by atoms with Crippen molar-refractivity contribution in [2.24, 2.45) is 5.92 Å². The molecule has 0 radical (unpaired) electrons. The molecule has 0 aromatic carbocycles. The van der Waals surface area contributed by atoms with Crippen molar-refractivity contribution in [1.29, 1.82) is 0 Å². The van der Waals surface area contributed by atoms with Gasteiger partial charge >= 0.3 is 6.18 Å². The van der Waals surface area contributed by atoms with Crippen LogP contribution in [0.25, 0.3) is 0 Å². The SMILES string of the molecule is CC(C)(O)C1CCN(c2ccnc(C(F)(F)F)c2)CC1. The maximum absolute atomic E-state index is 12.6. The molecular weight excluding hydrogens is 269 g/mol. The molecule has 6 heteroatoms. The number of aliphatic hydroxyl groups is 1. The zero-order chi connectivity index (χ0) is 15.0. The molecule has 1 fully saturated rings. The maximum atomic E-state index is 12.6. The Labute approximate surface area is 116 Å². The molecule has 2 rings (SSSR count). The van der Waals surface area contributed by atoms with E-state index in [4.69, 9.17) is 0 Å². The summed E-state index contributed by atoms with van der Waals surface area (Å²) in [5, 5.41) is 9.97. The molecule has 0 atom stereocenters. The van der Waals surface area contributed by atoms with Crippen molar-refractivity contribution in [1.82, 2.24) is 4.98 Å². The fourth-order valence-corrected chi connectivity index (χ4v) is 2.62. The van der Waals surface area contributed by atoms with Crippen molar-refractivity contribution in [2.75, 3.05) is 18.0 Å². The van der Waals surface area contributed by atoms with E-state index in [2.05, 4.69) is 4.98 Å². The minimum absolute atomic E-state index is 0.183. The molecule has 1 aliphatic rings. The Morgan fingerprint density at radius 2 is 1.85 bits per heavy atom. The molecule has 2 heterocycles. The number of pyridine rings is 1. The number of piperidine rings is 1. The van der Waals surface area contributed by atoms with Gasteiger partial charge in [0, 0.05) is 25.0 Å². The Hall–Kier alpha value is -1.30. The van der Waals surface area contributed by atoms with Crippen LogP contribution in [0, 0.1) is 5.92 Å². The summed E-state index contributed by atoms with van der Waals surface area (Å²) in [6, 6.07) is 2.68. The van der Waals surface area contributed by atoms with Crippen molar-refractivity contribution in [2.45, 2.75) is 38.5 Å². The van der Waals surface area contributed by atoms with E-state index in [1.807, 2.05) is 4.90 Å². The fourth-order valence-electron chi connectivity index (χ4n) is 2.62. The van der Waals surface area contributed by atoms with E-state index in [1.54, 1.807) is 19.9 Å². The number of alkyl halides is 3. The lowest BCUT2D eigenvalue weighted by Gasteiger charge is -2.38. The number of anilines is 1. The highest BCUT2D eigenvalue weighted by atomic mass is 19.4. The second kappa shape index (κ2) is 5.24. The van der Waals surface area contributed by atoms with E-state index < -0.39 is 17.5 Å². The van der Waals surface area contributed by atoms with E-state index in [0.29, 0.717) is 18.8 Å². The highest BCUT2D eigenvalue weighted by Crippen LogP contribution is 2.33. The van der Waals surface area contributed by atoms with Crippen LogP contribution in [-0.4, -0.2) is 28.8 Å². The summed E-state index contributed by atoms with van der Waals surface area (Å²) in [4.78, 5) is 5.28. The molecule has 1 saturated heterocycles. The van der Waals surface area contributed by atoms with Gasteiger partial charge in [-0.15, -0.1) is 0 Å². The first-order valence-electron chi connectivity index (χ1n) is 6.68. The number of rotatable bonds is 2. The molecule has 1 aromatic rings. The zero-order valence-corrected chi connectivity index (χ0v) is 11.6. The van der Waals surface area contributed by atoms with E-state index in [0.717, 1.165) is 18.9 Å². The van der Waals surface area contributed by atoms with Gasteiger partial charge in [0.25, 0.3) is 0 Å². The van der Waals surface area contributed by atoms with Crippen LogP contribution in [0.5, 0.6) is 0 Å². The molecule has 1 N–H and O–H groups in total. The lowest BCUT2D eigenvalue weighted by atomic mass is 9.83. The van der Waals surface area contributed by atoms with Gasteiger partial charge in [0.1, 0.15) is 5.69 Å². The first-order valence-corrected chi connectivity index (χ1v) is 6.68. The molecule has 3 nitrogen and oxygen atoms in total. The molecule has 0 bridgehead atoms. The third-order valence-corrected chi connectivity index (χ3v) is 3.89. The van der Waals surface area contributed by atoms with Crippen molar-refractivity contribution >= 4 is 5.69 Å². The summed E-state index contributed by atoms with van der Waals surface area (Å²) in [5.41, 5.74) is -1.05. The van der Waals surface area contributed by atoms with Gasteiger partial charge in [-0.3, -0.25) is 4.98 Å². The number of hydrogen-bond acceptors (Lipinski definition) is 3. The van der Waals surface area contributed by atoms with Crippen LogP contribution in [0.15, 0.2) is 18.3 Å². The van der Waals surface area contributed by atoms with E-state index in [9.17, 15) is 18.3 Å². The van der Waals surface area contributed by atoms with Crippen LogP contribution in [0.2, 0.25) is 0 Å². The molecule has 0 aliphatic carbocycles. The van der Waals surface area contributed by atoms with Crippen LogP contribution in [0.3, 0.4) is 0 Å². The average molecular weight is 288 g/mol. The van der Waals surface area contributed by atoms with Gasteiger partial charge < -0.3 is 10.0 Å². The number of hydrogen-bond donors (Lipinski definition) is 1. The van der Waals surface area contributed by atoms with Crippen LogP contribution in [0.4, 0.5) is 18.9 Å². The predicted molar refractivity (Wildman–Crippen MR) is 70.5 cm³/mol. The van der Waals surface area contributed by atoms with E-state index in [1.165, 1.54) is 6.20 Å². The molecule has 0 spiro atoms. The first kappa shape index (κ1) is 15.1. The molecule has 1 aromatic heterocycles. The average Bonchev–Trinajstić information content (AvgIpc) is 2.37. The maximum Gasteiger partial charge on any atom is 0.433 e. The van der Waals surface area contributed by atoms with Crippen molar-refractivity contribution in [3.8, 4) is 0 Å². The van der Waals surface area contributed by atoms with E-state index >= 15 is 0 Å². The summed E-state index contributed by atoms with van der Waals surface area (Å²) in [6.45, 7) is 4.86. The van der Waals surface area contributed by atoms with Crippen molar-refractivity contribution in [3.63, 3.8) is 0 Å². The molecule has 0 amide bonds. The third kappa shape index (κ3) is 3.42. The zero-order valence-electron chi connectivity index (χ0n) is 11.6. The number of nitrogens with zero attached hydrogens (tertiary/aromatic N) is 2. The van der Waals surface area contributed by atoms with E-state index in [-0.39, 0.29) is 5.92 Å². The Bertz CT molecular complexity index is 460. The van der Waals surface area contributed by atoms with Gasteiger partial charge in [-0.25, -0.2) is 0 Å². The Kier molecular flexibility index (Phi) is 3.95. The monoisotopic (exact) mass is 288 g/mol. The minimum atomic E-state index is -4.42. The Balaban J connectivity index is 2.08. The Morgan fingerprint density at radius 1 is 1.25 bits per heavy atom. The fraction of sp³-hybridized carbons (Fsp3) is 0.643. The first-order chi connectivity index (χ1) is 9.18. The second-order valence-electron chi connectivity index (χ2n) is 5.81. The topological polar surface area (TPSA) is 36.4 Å². The van der Waals surface area contributed by atoms with Gasteiger partial charge in [0.15, 0.2) is 0 Å². The number of aromatic nitrogens is 1. The molecule has 112 valence electrons. The highest BCUT2D eigenvalue weighted by Gasteiger charge is 2.34. The lowest BCUT2D eigenvalue weighted by molar-refractivity contribution is -0.141. The lowest BCUT2D eigenvalue weighted by Crippen LogP contribution is -2.42. The van der Waals surface area contributed by atoms with Crippen molar-refractivity contribution in [3.05, 3.63) is 24.0 Å². The van der Waals surface area contributed by atoms with Gasteiger partial charge in [-0.2, -0.15) is 13.2 Å². The van der Waals surface area contributed by atoms with Crippen LogP contribution < -0.4 is 4.90 Å². The quantitative estimate of drug-likeness (QED) is 0.908. The van der Waals surface area contributed by atoms with Crippen LogP contribution in [0.1, 0.15) is 32.4 Å². The largest absolute Gasteiger partial charge is 0.433 e. The van der Waals surface area contributed by atoms with Gasteiger partial charge in [-0.1, -0.05) is 0 Å². The van der Waals surface area contributed by atoms with Crippen LogP contribution in [-0.2, 0) is 6.18 Å². The summed E-state index contributed by atoms with van der Waals surface area (Å²) in [7, 11) is 0.